The number of rotatable bonds is 7. The molecule has 2 aromatic heterocycles. The van der Waals surface area contributed by atoms with Crippen molar-refractivity contribution in [3.8, 4) is 0 Å². The fraction of sp³-hybridized carbons (Fsp3) is 0.250. The molecule has 1 amide bonds. The van der Waals surface area contributed by atoms with Gasteiger partial charge in [0.05, 0.1) is 17.7 Å². The van der Waals surface area contributed by atoms with E-state index in [1.165, 1.54) is 11.3 Å². The summed E-state index contributed by atoms with van der Waals surface area (Å²) in [5.41, 5.74) is 3.36. The third-order valence-electron chi connectivity index (χ3n) is 6.42. The minimum atomic E-state index is -0.778. The Labute approximate surface area is 217 Å². The Hall–Kier alpha value is -3.42. The summed E-state index contributed by atoms with van der Waals surface area (Å²) in [5, 5.41) is 4.44. The van der Waals surface area contributed by atoms with Gasteiger partial charge in [0.25, 0.3) is 11.7 Å². The molecule has 4 aromatic rings. The fourth-order valence-electron chi connectivity index (χ4n) is 4.72. The van der Waals surface area contributed by atoms with Crippen LogP contribution in [0.5, 0.6) is 0 Å². The molecule has 0 bridgehead atoms. The SMILES string of the molecule is CCOC(=O)c1c(NC(=O)C(=O)c2cn(Cc3ccccc3Cl)c3ccccc23)sc2c1CCCC2. The Morgan fingerprint density at radius 2 is 1.81 bits per heavy atom. The van der Waals surface area contributed by atoms with E-state index in [0.29, 0.717) is 33.1 Å². The van der Waals surface area contributed by atoms with Crippen LogP contribution < -0.4 is 5.32 Å². The first-order chi connectivity index (χ1) is 17.5. The zero-order chi connectivity index (χ0) is 25.2. The molecule has 0 saturated carbocycles. The maximum Gasteiger partial charge on any atom is 0.341 e. The van der Waals surface area contributed by atoms with Crippen molar-refractivity contribution in [2.75, 3.05) is 11.9 Å². The summed E-state index contributed by atoms with van der Waals surface area (Å²) < 4.78 is 7.19. The largest absolute Gasteiger partial charge is 0.462 e. The maximum absolute atomic E-state index is 13.4. The van der Waals surface area contributed by atoms with Gasteiger partial charge in [0, 0.05) is 33.5 Å². The number of fused-ring (bicyclic) bond motifs is 2. The van der Waals surface area contributed by atoms with Gasteiger partial charge in [-0.1, -0.05) is 48.0 Å². The average molecular weight is 521 g/mol. The molecule has 0 atom stereocenters. The van der Waals surface area contributed by atoms with E-state index < -0.39 is 17.7 Å². The number of hydrogen-bond donors (Lipinski definition) is 1. The molecule has 1 aliphatic rings. The number of nitrogens with zero attached hydrogens (tertiary/aromatic N) is 1. The Bertz CT molecular complexity index is 1490. The molecule has 184 valence electrons. The van der Waals surface area contributed by atoms with Gasteiger partial charge >= 0.3 is 5.97 Å². The van der Waals surface area contributed by atoms with Crippen molar-refractivity contribution in [3.63, 3.8) is 0 Å². The van der Waals surface area contributed by atoms with E-state index in [9.17, 15) is 14.4 Å². The van der Waals surface area contributed by atoms with E-state index in [4.69, 9.17) is 16.3 Å². The minimum Gasteiger partial charge on any atom is -0.462 e. The second kappa shape index (κ2) is 10.3. The number of hydrogen-bond acceptors (Lipinski definition) is 5. The molecule has 0 spiro atoms. The van der Waals surface area contributed by atoms with Crippen molar-refractivity contribution in [1.29, 1.82) is 0 Å². The molecule has 6 nitrogen and oxygen atoms in total. The molecule has 36 heavy (non-hydrogen) atoms. The van der Waals surface area contributed by atoms with Crippen molar-refractivity contribution in [3.05, 3.63) is 86.9 Å². The first-order valence-corrected chi connectivity index (χ1v) is 13.2. The molecule has 0 unspecified atom stereocenters. The summed E-state index contributed by atoms with van der Waals surface area (Å²) in [6, 6.07) is 15.0. The van der Waals surface area contributed by atoms with Gasteiger partial charge < -0.3 is 14.6 Å². The Morgan fingerprint density at radius 1 is 1.06 bits per heavy atom. The number of benzene rings is 2. The van der Waals surface area contributed by atoms with Crippen molar-refractivity contribution in [2.24, 2.45) is 0 Å². The number of ether oxygens (including phenoxy) is 1. The third kappa shape index (κ3) is 4.56. The zero-order valence-corrected chi connectivity index (χ0v) is 21.4. The molecular formula is C28H25ClN2O4S. The molecule has 2 aromatic carbocycles. The fourth-order valence-corrected chi connectivity index (χ4v) is 6.19. The number of carbonyl (C=O) groups excluding carboxylic acids is 3. The highest BCUT2D eigenvalue weighted by Crippen LogP contribution is 2.39. The van der Waals surface area contributed by atoms with E-state index in [-0.39, 0.29) is 6.61 Å². The normalized spacial score (nSPS) is 12.8. The highest BCUT2D eigenvalue weighted by molar-refractivity contribution is 7.17. The zero-order valence-electron chi connectivity index (χ0n) is 19.8. The number of aromatic nitrogens is 1. The Morgan fingerprint density at radius 3 is 2.61 bits per heavy atom. The Kier molecular flexibility index (Phi) is 6.94. The van der Waals surface area contributed by atoms with Gasteiger partial charge in [0.1, 0.15) is 5.00 Å². The lowest BCUT2D eigenvalue weighted by Gasteiger charge is -2.12. The van der Waals surface area contributed by atoms with Crippen LogP contribution in [-0.4, -0.2) is 28.8 Å². The van der Waals surface area contributed by atoms with Crippen LogP contribution in [0.3, 0.4) is 0 Å². The van der Waals surface area contributed by atoms with E-state index in [1.807, 2.05) is 53.1 Å². The third-order valence-corrected chi connectivity index (χ3v) is 7.99. The number of esters is 1. The average Bonchev–Trinajstić information content (AvgIpc) is 3.43. The molecule has 5 rings (SSSR count). The minimum absolute atomic E-state index is 0.237. The van der Waals surface area contributed by atoms with Crippen LogP contribution in [0.15, 0.2) is 54.7 Å². The number of anilines is 1. The molecule has 0 fully saturated rings. The van der Waals surface area contributed by atoms with Gasteiger partial charge in [0.2, 0.25) is 0 Å². The lowest BCUT2D eigenvalue weighted by molar-refractivity contribution is -0.112. The molecule has 0 radical (unpaired) electrons. The maximum atomic E-state index is 13.4. The van der Waals surface area contributed by atoms with Crippen LogP contribution in [0.4, 0.5) is 5.00 Å². The number of para-hydroxylation sites is 1. The molecule has 0 saturated heterocycles. The van der Waals surface area contributed by atoms with Crippen molar-refractivity contribution < 1.29 is 19.1 Å². The standard InChI is InChI=1S/C28H25ClN2O4S/c1-2-35-28(34)24-19-11-5-8-14-23(19)36-27(24)30-26(33)25(32)20-16-31(22-13-7-4-10-18(20)22)15-17-9-3-6-12-21(17)29/h3-4,6-7,9-10,12-13,16H,2,5,8,11,14-15H2,1H3,(H,30,33). The first-order valence-electron chi connectivity index (χ1n) is 12.0. The van der Waals surface area contributed by atoms with Crippen LogP contribution >= 0.6 is 22.9 Å². The second-order valence-corrected chi connectivity index (χ2v) is 10.2. The Balaban J connectivity index is 1.47. The van der Waals surface area contributed by atoms with E-state index >= 15 is 0 Å². The van der Waals surface area contributed by atoms with E-state index in [2.05, 4.69) is 5.32 Å². The number of ketones is 1. The molecular weight excluding hydrogens is 496 g/mol. The first kappa shape index (κ1) is 24.3. The summed E-state index contributed by atoms with van der Waals surface area (Å²) in [6.07, 6.45) is 5.33. The van der Waals surface area contributed by atoms with E-state index in [0.717, 1.165) is 47.2 Å². The van der Waals surface area contributed by atoms with Crippen LogP contribution in [0, 0.1) is 0 Å². The van der Waals surface area contributed by atoms with Gasteiger partial charge in [0.15, 0.2) is 0 Å². The summed E-state index contributed by atoms with van der Waals surface area (Å²) in [6.45, 7) is 2.44. The van der Waals surface area contributed by atoms with Crippen molar-refractivity contribution in [2.45, 2.75) is 39.2 Å². The van der Waals surface area contributed by atoms with E-state index in [1.54, 1.807) is 13.1 Å². The number of aryl methyl sites for hydroxylation is 1. The highest BCUT2D eigenvalue weighted by atomic mass is 35.5. The molecule has 2 heterocycles. The van der Waals surface area contributed by atoms with Crippen LogP contribution in [-0.2, 0) is 28.9 Å². The number of Topliss-reactive ketones (excluding diaryl/α,β-unsaturated/α-hetero) is 1. The topological polar surface area (TPSA) is 77.4 Å². The predicted molar refractivity (Wildman–Crippen MR) is 142 cm³/mol. The molecule has 0 aliphatic heterocycles. The number of carbonyl (C=O) groups is 3. The van der Waals surface area contributed by atoms with Gasteiger partial charge in [-0.15, -0.1) is 11.3 Å². The number of amides is 1. The number of nitrogens with one attached hydrogen (secondary N) is 1. The molecule has 1 N–H and O–H groups in total. The summed E-state index contributed by atoms with van der Waals surface area (Å²) >= 11 is 7.72. The summed E-state index contributed by atoms with van der Waals surface area (Å²) in [5.74, 6) is -1.90. The monoisotopic (exact) mass is 520 g/mol. The smallest absolute Gasteiger partial charge is 0.341 e. The van der Waals surface area contributed by atoms with Gasteiger partial charge in [-0.25, -0.2) is 4.79 Å². The molecule has 8 heteroatoms. The van der Waals surface area contributed by atoms with Crippen LogP contribution in [0.1, 0.15) is 56.5 Å². The second-order valence-electron chi connectivity index (χ2n) is 8.70. The lowest BCUT2D eigenvalue weighted by Crippen LogP contribution is -2.23. The highest BCUT2D eigenvalue weighted by Gasteiger charge is 2.29. The summed E-state index contributed by atoms with van der Waals surface area (Å²) in [4.78, 5) is 40.4. The van der Waals surface area contributed by atoms with Crippen LogP contribution in [0.2, 0.25) is 5.02 Å². The lowest BCUT2D eigenvalue weighted by atomic mass is 9.95. The van der Waals surface area contributed by atoms with Crippen molar-refractivity contribution >= 4 is 56.5 Å². The van der Waals surface area contributed by atoms with Gasteiger partial charge in [-0.3, -0.25) is 9.59 Å². The van der Waals surface area contributed by atoms with Gasteiger partial charge in [-0.05, 0) is 55.9 Å². The number of thiophene rings is 1. The quantitative estimate of drug-likeness (QED) is 0.177. The van der Waals surface area contributed by atoms with Crippen LogP contribution in [0.25, 0.3) is 10.9 Å². The molecule has 1 aliphatic carbocycles. The number of halogens is 1. The summed E-state index contributed by atoms with van der Waals surface area (Å²) in [7, 11) is 0. The van der Waals surface area contributed by atoms with Crippen molar-refractivity contribution in [1.82, 2.24) is 4.57 Å². The predicted octanol–water partition coefficient (Wildman–Crippen LogP) is 6.28. The van der Waals surface area contributed by atoms with Gasteiger partial charge in [-0.2, -0.15) is 0 Å².